The molecule has 0 radical (unpaired) electrons. The molecule has 0 amide bonds. The molecule has 0 aliphatic carbocycles. The lowest BCUT2D eigenvalue weighted by molar-refractivity contribution is 0.0520. The molecule has 1 heterocycles. The summed E-state index contributed by atoms with van der Waals surface area (Å²) in [5.41, 5.74) is 1.48. The third-order valence-corrected chi connectivity index (χ3v) is 3.97. The number of nitrogens with one attached hydrogen (secondary N) is 1. The lowest BCUT2D eigenvalue weighted by Crippen LogP contribution is -2.04. The number of benzene rings is 3. The molecule has 3 heteroatoms. The fraction of sp³-hybridized carbons (Fsp3) is 0.105. The van der Waals surface area contributed by atoms with Gasteiger partial charge in [0.05, 0.1) is 12.1 Å². The van der Waals surface area contributed by atoms with Crippen LogP contribution in [0.5, 0.6) is 0 Å². The second-order valence-electron chi connectivity index (χ2n) is 5.35. The lowest BCUT2D eigenvalue weighted by atomic mass is 10.0. The second kappa shape index (κ2) is 4.88. The quantitative estimate of drug-likeness (QED) is 0.431. The Morgan fingerprint density at radius 2 is 1.68 bits per heavy atom. The third-order valence-electron chi connectivity index (χ3n) is 3.97. The van der Waals surface area contributed by atoms with Crippen LogP contribution in [-0.2, 0) is 4.74 Å². The van der Waals surface area contributed by atoms with E-state index < -0.39 is 0 Å². The van der Waals surface area contributed by atoms with E-state index in [2.05, 4.69) is 35.3 Å². The molecular weight excluding hydrogens is 274 g/mol. The molecule has 1 N–H and O–H groups in total. The molecule has 0 bridgehead atoms. The predicted molar refractivity (Wildman–Crippen MR) is 89.3 cm³/mol. The highest BCUT2D eigenvalue weighted by atomic mass is 16.5. The molecule has 0 fully saturated rings. The number of aromatic amines is 1. The van der Waals surface area contributed by atoms with Crippen molar-refractivity contribution in [3.63, 3.8) is 0 Å². The standard InChI is InChI=1S/C19H15NO2/c1-2-22-19(21)17-11-15-8-7-14-9-12-5-3-4-6-13(12)10-16(14)18(15)20-17/h3-11,20H,2H2,1H3. The van der Waals surface area contributed by atoms with E-state index in [1.165, 1.54) is 10.8 Å². The minimum Gasteiger partial charge on any atom is -0.461 e. The normalized spacial score (nSPS) is 11.3. The monoisotopic (exact) mass is 289 g/mol. The highest BCUT2D eigenvalue weighted by Gasteiger charge is 2.12. The summed E-state index contributed by atoms with van der Waals surface area (Å²) in [6, 6.07) is 18.6. The van der Waals surface area contributed by atoms with Crippen molar-refractivity contribution < 1.29 is 9.53 Å². The molecule has 3 aromatic carbocycles. The minimum atomic E-state index is -0.312. The van der Waals surface area contributed by atoms with Crippen molar-refractivity contribution in [2.24, 2.45) is 0 Å². The van der Waals surface area contributed by atoms with Gasteiger partial charge in [-0.15, -0.1) is 0 Å². The highest BCUT2D eigenvalue weighted by Crippen LogP contribution is 2.29. The zero-order chi connectivity index (χ0) is 15.1. The van der Waals surface area contributed by atoms with Crippen LogP contribution in [0.3, 0.4) is 0 Å². The van der Waals surface area contributed by atoms with Crippen LogP contribution in [-0.4, -0.2) is 17.6 Å². The number of hydrogen-bond donors (Lipinski definition) is 1. The highest BCUT2D eigenvalue weighted by molar-refractivity contribution is 6.12. The first-order valence-electron chi connectivity index (χ1n) is 7.37. The maximum atomic E-state index is 11.9. The summed E-state index contributed by atoms with van der Waals surface area (Å²) >= 11 is 0. The largest absolute Gasteiger partial charge is 0.461 e. The van der Waals surface area contributed by atoms with Gasteiger partial charge in [-0.2, -0.15) is 0 Å². The average Bonchev–Trinajstić information content (AvgIpc) is 2.98. The van der Waals surface area contributed by atoms with E-state index in [-0.39, 0.29) is 5.97 Å². The number of carbonyl (C=O) groups is 1. The van der Waals surface area contributed by atoms with Crippen LogP contribution in [0.4, 0.5) is 0 Å². The van der Waals surface area contributed by atoms with Gasteiger partial charge < -0.3 is 9.72 Å². The molecule has 108 valence electrons. The van der Waals surface area contributed by atoms with Crippen LogP contribution in [0.1, 0.15) is 17.4 Å². The second-order valence-corrected chi connectivity index (χ2v) is 5.35. The van der Waals surface area contributed by atoms with Crippen molar-refractivity contribution in [2.45, 2.75) is 6.92 Å². The van der Waals surface area contributed by atoms with Gasteiger partial charge in [0.15, 0.2) is 0 Å². The van der Waals surface area contributed by atoms with E-state index in [0.717, 1.165) is 21.7 Å². The Balaban J connectivity index is 2.00. The maximum absolute atomic E-state index is 11.9. The van der Waals surface area contributed by atoms with Gasteiger partial charge in [-0.25, -0.2) is 4.79 Å². The molecule has 0 aliphatic rings. The van der Waals surface area contributed by atoms with E-state index in [9.17, 15) is 4.79 Å². The van der Waals surface area contributed by atoms with Crippen LogP contribution in [0, 0.1) is 0 Å². The Hall–Kier alpha value is -2.81. The van der Waals surface area contributed by atoms with Crippen LogP contribution < -0.4 is 0 Å². The Morgan fingerprint density at radius 3 is 2.45 bits per heavy atom. The smallest absolute Gasteiger partial charge is 0.354 e. The van der Waals surface area contributed by atoms with Crippen molar-refractivity contribution in [1.29, 1.82) is 0 Å². The zero-order valence-electron chi connectivity index (χ0n) is 12.2. The Morgan fingerprint density at radius 1 is 0.955 bits per heavy atom. The first-order chi connectivity index (χ1) is 10.8. The Kier molecular flexibility index (Phi) is 2.86. The summed E-state index contributed by atoms with van der Waals surface area (Å²) < 4.78 is 5.07. The summed E-state index contributed by atoms with van der Waals surface area (Å²) in [6.45, 7) is 2.18. The summed E-state index contributed by atoms with van der Waals surface area (Å²) in [7, 11) is 0. The van der Waals surface area contributed by atoms with Crippen molar-refractivity contribution in [3.05, 3.63) is 60.3 Å². The number of esters is 1. The molecular formula is C19H15NO2. The molecule has 3 nitrogen and oxygen atoms in total. The summed E-state index contributed by atoms with van der Waals surface area (Å²) in [5, 5.41) is 5.70. The first-order valence-corrected chi connectivity index (χ1v) is 7.37. The van der Waals surface area contributed by atoms with Crippen LogP contribution in [0.2, 0.25) is 0 Å². The fourth-order valence-corrected chi connectivity index (χ4v) is 2.94. The summed E-state index contributed by atoms with van der Waals surface area (Å²) in [4.78, 5) is 15.1. The van der Waals surface area contributed by atoms with Gasteiger partial charge in [0.25, 0.3) is 0 Å². The molecule has 4 aromatic rings. The summed E-state index contributed by atoms with van der Waals surface area (Å²) in [5.74, 6) is -0.312. The van der Waals surface area contributed by atoms with E-state index in [4.69, 9.17) is 4.74 Å². The van der Waals surface area contributed by atoms with Crippen LogP contribution in [0.15, 0.2) is 54.6 Å². The van der Waals surface area contributed by atoms with E-state index in [1.54, 1.807) is 0 Å². The Labute approximate surface area is 127 Å². The number of aromatic nitrogens is 1. The number of fused-ring (bicyclic) bond motifs is 4. The molecule has 0 unspecified atom stereocenters. The van der Waals surface area contributed by atoms with Crippen molar-refractivity contribution in [2.75, 3.05) is 6.61 Å². The molecule has 0 atom stereocenters. The summed E-state index contributed by atoms with van der Waals surface area (Å²) in [6.07, 6.45) is 0. The molecule has 0 spiro atoms. The predicted octanol–water partition coefficient (Wildman–Crippen LogP) is 4.65. The third kappa shape index (κ3) is 1.94. The molecule has 22 heavy (non-hydrogen) atoms. The molecule has 4 rings (SSSR count). The molecule has 0 saturated carbocycles. The number of rotatable bonds is 2. The van der Waals surface area contributed by atoms with E-state index in [1.807, 2.05) is 31.2 Å². The molecule has 0 aliphatic heterocycles. The first kappa shape index (κ1) is 12.9. The van der Waals surface area contributed by atoms with Gasteiger partial charge in [0, 0.05) is 10.8 Å². The lowest BCUT2D eigenvalue weighted by Gasteiger charge is -2.03. The van der Waals surface area contributed by atoms with Crippen LogP contribution >= 0.6 is 0 Å². The maximum Gasteiger partial charge on any atom is 0.354 e. The van der Waals surface area contributed by atoms with Gasteiger partial charge in [-0.05, 0) is 41.3 Å². The van der Waals surface area contributed by atoms with Gasteiger partial charge in [-0.3, -0.25) is 0 Å². The average molecular weight is 289 g/mol. The number of H-pyrrole nitrogens is 1. The van der Waals surface area contributed by atoms with Gasteiger partial charge in [0.2, 0.25) is 0 Å². The number of carbonyl (C=O) groups excluding carboxylic acids is 1. The number of ether oxygens (including phenoxy) is 1. The molecule has 0 saturated heterocycles. The van der Waals surface area contributed by atoms with Crippen LogP contribution in [0.25, 0.3) is 32.4 Å². The van der Waals surface area contributed by atoms with Crippen molar-refractivity contribution in [1.82, 2.24) is 4.98 Å². The van der Waals surface area contributed by atoms with Crippen molar-refractivity contribution >= 4 is 38.4 Å². The van der Waals surface area contributed by atoms with Crippen molar-refractivity contribution in [3.8, 4) is 0 Å². The zero-order valence-corrected chi connectivity index (χ0v) is 12.2. The van der Waals surface area contributed by atoms with E-state index >= 15 is 0 Å². The van der Waals surface area contributed by atoms with Gasteiger partial charge in [0.1, 0.15) is 5.69 Å². The Bertz CT molecular complexity index is 1010. The number of hydrogen-bond acceptors (Lipinski definition) is 2. The SMILES string of the molecule is CCOC(=O)c1cc2ccc3cc4ccccc4cc3c2[nH]1. The van der Waals surface area contributed by atoms with Gasteiger partial charge in [-0.1, -0.05) is 36.4 Å². The minimum absolute atomic E-state index is 0.312. The molecule has 1 aromatic heterocycles. The van der Waals surface area contributed by atoms with Gasteiger partial charge >= 0.3 is 5.97 Å². The topological polar surface area (TPSA) is 42.1 Å². The fourth-order valence-electron chi connectivity index (χ4n) is 2.94. The van der Waals surface area contributed by atoms with E-state index in [0.29, 0.717) is 12.3 Å².